The Bertz CT molecular complexity index is 1340. The van der Waals surface area contributed by atoms with Gasteiger partial charge in [0.15, 0.2) is 5.69 Å². The summed E-state index contributed by atoms with van der Waals surface area (Å²) in [7, 11) is 0. The molecule has 0 N–H and O–H groups in total. The molecule has 8 heteroatoms. The molecule has 3 aromatic heterocycles. The second kappa shape index (κ2) is 9.56. The number of amides is 1. The Morgan fingerprint density at radius 2 is 1.77 bits per heavy atom. The van der Waals surface area contributed by atoms with Crippen LogP contribution in [0.4, 0.5) is 0 Å². The summed E-state index contributed by atoms with van der Waals surface area (Å²) in [6.07, 6.45) is 4.52. The first-order valence-corrected chi connectivity index (χ1v) is 12.2. The van der Waals surface area contributed by atoms with E-state index in [1.54, 1.807) is 6.20 Å². The third-order valence-electron chi connectivity index (χ3n) is 6.89. The summed E-state index contributed by atoms with van der Waals surface area (Å²) in [4.78, 5) is 26.8. The molecule has 0 radical (unpaired) electrons. The number of ether oxygens (including phenoxy) is 1. The van der Waals surface area contributed by atoms with Crippen molar-refractivity contribution in [1.82, 2.24) is 29.5 Å². The number of rotatable bonds is 5. The van der Waals surface area contributed by atoms with Crippen LogP contribution in [0.15, 0.2) is 60.9 Å². The second-order valence-electron chi connectivity index (χ2n) is 9.11. The summed E-state index contributed by atoms with van der Waals surface area (Å²) in [6, 6.07) is 16.3. The minimum absolute atomic E-state index is 0.000492. The largest absolute Gasteiger partial charge is 0.378 e. The van der Waals surface area contributed by atoms with Crippen LogP contribution in [0, 0.1) is 0 Å². The Kier molecular flexibility index (Phi) is 5.98. The summed E-state index contributed by atoms with van der Waals surface area (Å²) in [6.45, 7) is 5.32. The Labute approximate surface area is 204 Å². The number of carbonyl (C=O) groups excluding carboxylic acids is 1. The highest BCUT2D eigenvalue weighted by Gasteiger charge is 2.31. The molecule has 4 aromatic rings. The molecule has 1 fully saturated rings. The Balaban J connectivity index is 1.32. The number of hydrogen-bond donors (Lipinski definition) is 0. The van der Waals surface area contributed by atoms with Crippen molar-refractivity contribution in [1.29, 1.82) is 0 Å². The molecule has 0 saturated carbocycles. The fraction of sp³-hybridized carbons (Fsp3) is 0.333. The van der Waals surface area contributed by atoms with E-state index in [2.05, 4.69) is 33.1 Å². The quantitative estimate of drug-likeness (QED) is 0.448. The van der Waals surface area contributed by atoms with Crippen molar-refractivity contribution >= 4 is 16.8 Å². The maximum Gasteiger partial charge on any atom is 0.274 e. The first kappa shape index (κ1) is 21.9. The van der Waals surface area contributed by atoms with E-state index >= 15 is 0 Å². The average Bonchev–Trinajstić information content (AvgIpc) is 3.27. The maximum absolute atomic E-state index is 13.5. The van der Waals surface area contributed by atoms with Crippen LogP contribution in [-0.2, 0) is 30.8 Å². The lowest BCUT2D eigenvalue weighted by molar-refractivity contribution is 0.0297. The van der Waals surface area contributed by atoms with E-state index < -0.39 is 0 Å². The number of hydrogen-bond acceptors (Lipinski definition) is 6. The van der Waals surface area contributed by atoms with Gasteiger partial charge >= 0.3 is 0 Å². The Morgan fingerprint density at radius 3 is 2.63 bits per heavy atom. The van der Waals surface area contributed by atoms with Gasteiger partial charge < -0.3 is 9.64 Å². The molecule has 6 rings (SSSR count). The van der Waals surface area contributed by atoms with Gasteiger partial charge in [-0.3, -0.25) is 24.3 Å². The van der Waals surface area contributed by atoms with E-state index in [1.807, 2.05) is 46.1 Å². The predicted octanol–water partition coefficient (Wildman–Crippen LogP) is 2.91. The normalized spacial score (nSPS) is 16.4. The van der Waals surface area contributed by atoms with Crippen molar-refractivity contribution in [2.24, 2.45) is 0 Å². The molecule has 0 bridgehead atoms. The summed E-state index contributed by atoms with van der Waals surface area (Å²) < 4.78 is 7.45. The van der Waals surface area contributed by atoms with Gasteiger partial charge in [0.1, 0.15) is 0 Å². The smallest absolute Gasteiger partial charge is 0.274 e. The molecule has 1 amide bonds. The first-order chi connectivity index (χ1) is 17.3. The van der Waals surface area contributed by atoms with Crippen LogP contribution >= 0.6 is 0 Å². The van der Waals surface area contributed by atoms with Gasteiger partial charge in [-0.1, -0.05) is 24.3 Å². The molecular weight excluding hydrogens is 440 g/mol. The highest BCUT2D eigenvalue weighted by Crippen LogP contribution is 2.27. The standard InChI is InChI=1S/C27H28N6O2/c34-27(32-13-15-35-16-14-32)26-23-19-31(17-20-8-11-29-24-7-2-1-6-22(20)24)12-9-25(23)33(30-26)18-21-5-3-4-10-28-21/h1-8,10-11H,9,12-19H2. The summed E-state index contributed by atoms with van der Waals surface area (Å²) in [5.41, 5.74) is 5.95. The molecule has 2 aliphatic heterocycles. The van der Waals surface area contributed by atoms with Crippen molar-refractivity contribution in [2.45, 2.75) is 26.1 Å². The van der Waals surface area contributed by atoms with E-state index in [1.165, 1.54) is 10.9 Å². The molecule has 0 unspecified atom stereocenters. The third-order valence-corrected chi connectivity index (χ3v) is 6.89. The van der Waals surface area contributed by atoms with Gasteiger partial charge in [0.05, 0.1) is 31.0 Å². The average molecular weight is 469 g/mol. The van der Waals surface area contributed by atoms with E-state index in [0.717, 1.165) is 42.0 Å². The molecule has 0 atom stereocenters. The van der Waals surface area contributed by atoms with Gasteiger partial charge in [0.2, 0.25) is 0 Å². The number of fused-ring (bicyclic) bond motifs is 2. The van der Waals surface area contributed by atoms with Crippen LogP contribution < -0.4 is 0 Å². The molecule has 1 aromatic carbocycles. The van der Waals surface area contributed by atoms with E-state index in [-0.39, 0.29) is 5.91 Å². The zero-order valence-corrected chi connectivity index (χ0v) is 19.6. The topological polar surface area (TPSA) is 76.4 Å². The van der Waals surface area contributed by atoms with Crippen molar-refractivity contribution < 1.29 is 9.53 Å². The van der Waals surface area contributed by atoms with Crippen molar-refractivity contribution in [3.05, 3.63) is 89.1 Å². The van der Waals surface area contributed by atoms with E-state index in [4.69, 9.17) is 9.84 Å². The number of pyridine rings is 2. The van der Waals surface area contributed by atoms with Crippen LogP contribution in [0.5, 0.6) is 0 Å². The van der Waals surface area contributed by atoms with Gasteiger partial charge in [0.25, 0.3) is 5.91 Å². The third kappa shape index (κ3) is 4.42. The lowest BCUT2D eigenvalue weighted by Gasteiger charge is -2.29. The number of carbonyl (C=O) groups is 1. The fourth-order valence-electron chi connectivity index (χ4n) is 5.08. The number of benzene rings is 1. The fourth-order valence-corrected chi connectivity index (χ4v) is 5.08. The van der Waals surface area contributed by atoms with Crippen LogP contribution in [0.3, 0.4) is 0 Å². The summed E-state index contributed by atoms with van der Waals surface area (Å²) in [5, 5.41) is 6.04. The lowest BCUT2D eigenvalue weighted by Crippen LogP contribution is -2.41. The zero-order chi connectivity index (χ0) is 23.6. The minimum Gasteiger partial charge on any atom is -0.378 e. The number of para-hydroxylation sites is 1. The SMILES string of the molecule is O=C(c1nn(Cc2ccccn2)c2c1CN(Cc1ccnc3ccccc13)CC2)N1CCOCC1. The van der Waals surface area contributed by atoms with Crippen LogP contribution in [-0.4, -0.2) is 68.3 Å². The molecule has 5 heterocycles. The monoisotopic (exact) mass is 468 g/mol. The van der Waals surface area contributed by atoms with Crippen LogP contribution in [0.25, 0.3) is 10.9 Å². The Hall–Kier alpha value is -3.62. The van der Waals surface area contributed by atoms with Crippen molar-refractivity contribution in [2.75, 3.05) is 32.8 Å². The highest BCUT2D eigenvalue weighted by molar-refractivity contribution is 5.94. The molecule has 0 aliphatic carbocycles. The van der Waals surface area contributed by atoms with Gasteiger partial charge in [-0.05, 0) is 29.8 Å². The summed E-state index contributed by atoms with van der Waals surface area (Å²) >= 11 is 0. The molecule has 8 nitrogen and oxygen atoms in total. The lowest BCUT2D eigenvalue weighted by atomic mass is 10.0. The van der Waals surface area contributed by atoms with Crippen molar-refractivity contribution in [3.8, 4) is 0 Å². The van der Waals surface area contributed by atoms with Crippen LogP contribution in [0.1, 0.15) is 33.0 Å². The highest BCUT2D eigenvalue weighted by atomic mass is 16.5. The van der Waals surface area contributed by atoms with Gasteiger partial charge in [-0.25, -0.2) is 0 Å². The van der Waals surface area contributed by atoms with Gasteiger partial charge in [0, 0.05) is 68.2 Å². The Morgan fingerprint density at radius 1 is 0.914 bits per heavy atom. The summed E-state index contributed by atoms with van der Waals surface area (Å²) in [5.74, 6) is 0.000492. The molecule has 178 valence electrons. The van der Waals surface area contributed by atoms with Gasteiger partial charge in [-0.2, -0.15) is 5.10 Å². The number of nitrogens with zero attached hydrogens (tertiary/aromatic N) is 6. The predicted molar refractivity (Wildman–Crippen MR) is 132 cm³/mol. The number of aromatic nitrogens is 4. The number of morpholine rings is 1. The van der Waals surface area contributed by atoms with E-state index in [9.17, 15) is 4.79 Å². The first-order valence-electron chi connectivity index (χ1n) is 12.2. The molecule has 1 saturated heterocycles. The maximum atomic E-state index is 13.5. The van der Waals surface area contributed by atoms with Crippen LogP contribution in [0.2, 0.25) is 0 Å². The zero-order valence-electron chi connectivity index (χ0n) is 19.6. The molecule has 35 heavy (non-hydrogen) atoms. The second-order valence-corrected chi connectivity index (χ2v) is 9.11. The van der Waals surface area contributed by atoms with Crippen molar-refractivity contribution in [3.63, 3.8) is 0 Å². The molecule has 2 aliphatic rings. The van der Waals surface area contributed by atoms with Gasteiger partial charge in [-0.15, -0.1) is 0 Å². The van der Waals surface area contributed by atoms with E-state index in [0.29, 0.717) is 45.1 Å². The molecule has 0 spiro atoms. The minimum atomic E-state index is 0.000492. The molecular formula is C27H28N6O2.